The van der Waals surface area contributed by atoms with E-state index in [9.17, 15) is 19.1 Å². The number of halogens is 1. The summed E-state index contributed by atoms with van der Waals surface area (Å²) in [5.41, 5.74) is 2.25. The molecule has 3 N–H and O–H groups in total. The highest BCUT2D eigenvalue weighted by atomic mass is 19.1. The molecular weight excluding hydrogens is 441 g/mol. The predicted octanol–water partition coefficient (Wildman–Crippen LogP) is 2.12. The minimum atomic E-state index is -1.48. The minimum absolute atomic E-state index is 0.0282. The van der Waals surface area contributed by atoms with Crippen LogP contribution in [0.5, 0.6) is 0 Å². The van der Waals surface area contributed by atoms with Gasteiger partial charge in [0.05, 0.1) is 29.0 Å². The molecule has 0 unspecified atom stereocenters. The van der Waals surface area contributed by atoms with Crippen molar-refractivity contribution in [2.45, 2.75) is 45.6 Å². The topological polar surface area (TPSA) is 114 Å². The van der Waals surface area contributed by atoms with Crippen LogP contribution in [0.25, 0.3) is 22.3 Å². The molecule has 2 aliphatic heterocycles. The summed E-state index contributed by atoms with van der Waals surface area (Å²) in [5.74, 6) is -0.839. The molecule has 5 rings (SSSR count). The van der Waals surface area contributed by atoms with E-state index in [1.165, 1.54) is 6.07 Å². The number of fused-ring (bicyclic) bond motifs is 5. The lowest BCUT2D eigenvalue weighted by molar-refractivity contribution is -0.123. The quantitative estimate of drug-likeness (QED) is 0.426. The summed E-state index contributed by atoms with van der Waals surface area (Å²) in [5, 5.41) is 23.4. The normalized spacial score (nSPS) is 18.3. The van der Waals surface area contributed by atoms with Crippen molar-refractivity contribution in [3.8, 4) is 11.4 Å². The second kappa shape index (κ2) is 7.75. The number of benzene rings is 1. The molecule has 0 aliphatic carbocycles. The molecule has 0 radical (unpaired) electrons. The predicted molar refractivity (Wildman–Crippen MR) is 122 cm³/mol. The monoisotopic (exact) mass is 465 g/mol. The number of aliphatic hydroxyl groups is 2. The van der Waals surface area contributed by atoms with Crippen LogP contribution in [-0.2, 0) is 34.8 Å². The third kappa shape index (κ3) is 3.08. The van der Waals surface area contributed by atoms with Crippen molar-refractivity contribution in [2.24, 2.45) is 0 Å². The van der Waals surface area contributed by atoms with Crippen LogP contribution in [0.2, 0.25) is 0 Å². The van der Waals surface area contributed by atoms with Gasteiger partial charge in [-0.2, -0.15) is 0 Å². The van der Waals surface area contributed by atoms with E-state index >= 15 is 0 Å². The molecule has 9 heteroatoms. The molecule has 1 amide bonds. The number of amides is 1. The van der Waals surface area contributed by atoms with Crippen LogP contribution >= 0.6 is 0 Å². The van der Waals surface area contributed by atoms with Crippen LogP contribution in [0.15, 0.2) is 35.3 Å². The molecule has 4 heterocycles. The Kier molecular flexibility index (Phi) is 5.07. The average Bonchev–Trinajstić information content (AvgIpc) is 3.18. The molecule has 2 aliphatic rings. The molecule has 1 atom stereocenters. The summed E-state index contributed by atoms with van der Waals surface area (Å²) >= 11 is 0. The Balaban J connectivity index is 1.70. The van der Waals surface area contributed by atoms with Gasteiger partial charge in [0.2, 0.25) is 5.91 Å². The van der Waals surface area contributed by atoms with Gasteiger partial charge < -0.3 is 24.8 Å². The van der Waals surface area contributed by atoms with Gasteiger partial charge in [0.15, 0.2) is 0 Å². The molecule has 0 saturated carbocycles. The lowest BCUT2D eigenvalue weighted by Crippen LogP contribution is -2.38. The first-order valence-corrected chi connectivity index (χ1v) is 11.0. The van der Waals surface area contributed by atoms with Gasteiger partial charge in [-0.1, -0.05) is 13.5 Å². The van der Waals surface area contributed by atoms with E-state index in [4.69, 9.17) is 14.8 Å². The number of hydrogen-bond donors (Lipinski definition) is 3. The number of carbonyl (C=O) groups excluding carboxylic acids is 1. The van der Waals surface area contributed by atoms with E-state index in [0.717, 1.165) is 5.56 Å². The van der Waals surface area contributed by atoms with Crippen LogP contribution in [-0.4, -0.2) is 32.3 Å². The first-order valence-electron chi connectivity index (χ1n) is 11.0. The van der Waals surface area contributed by atoms with E-state index in [0.29, 0.717) is 44.5 Å². The maximum absolute atomic E-state index is 14.7. The van der Waals surface area contributed by atoms with Crippen LogP contribution in [0, 0.1) is 12.7 Å². The van der Waals surface area contributed by atoms with E-state index in [1.807, 2.05) is 6.07 Å². The number of nitrogens with one attached hydrogen (secondary N) is 1. The van der Waals surface area contributed by atoms with Gasteiger partial charge >= 0.3 is 0 Å². The number of carbonyl (C=O) groups is 1. The van der Waals surface area contributed by atoms with E-state index in [2.05, 4.69) is 11.9 Å². The van der Waals surface area contributed by atoms with Gasteiger partial charge in [-0.3, -0.25) is 9.59 Å². The van der Waals surface area contributed by atoms with Crippen molar-refractivity contribution in [2.75, 3.05) is 6.61 Å². The van der Waals surface area contributed by atoms with Crippen LogP contribution < -0.4 is 10.9 Å². The second-order valence-electron chi connectivity index (χ2n) is 8.70. The maximum atomic E-state index is 14.7. The average molecular weight is 465 g/mol. The van der Waals surface area contributed by atoms with Crippen molar-refractivity contribution in [1.29, 1.82) is 0 Å². The zero-order chi connectivity index (χ0) is 24.4. The summed E-state index contributed by atoms with van der Waals surface area (Å²) in [6, 6.07) is 4.95. The largest absolute Gasteiger partial charge is 0.490 e. The van der Waals surface area contributed by atoms with Gasteiger partial charge in [0.25, 0.3) is 5.56 Å². The lowest BCUT2D eigenvalue weighted by atomic mass is 9.84. The summed E-state index contributed by atoms with van der Waals surface area (Å²) in [4.78, 5) is 29.6. The van der Waals surface area contributed by atoms with Crippen molar-refractivity contribution in [1.82, 2.24) is 14.9 Å². The number of nitrogens with zero attached hydrogens (tertiary/aromatic N) is 2. The number of pyridine rings is 2. The van der Waals surface area contributed by atoms with Gasteiger partial charge in [-0.05, 0) is 36.6 Å². The molecule has 34 heavy (non-hydrogen) atoms. The Labute approximate surface area is 194 Å². The Morgan fingerprint density at radius 1 is 1.38 bits per heavy atom. The van der Waals surface area contributed by atoms with Crippen molar-refractivity contribution in [3.63, 3.8) is 0 Å². The fourth-order valence-corrected chi connectivity index (χ4v) is 4.85. The third-order valence-electron chi connectivity index (χ3n) is 6.92. The summed E-state index contributed by atoms with van der Waals surface area (Å²) in [6.07, 6.45) is 0.285. The lowest BCUT2D eigenvalue weighted by Gasteiger charge is -2.35. The van der Waals surface area contributed by atoms with Crippen molar-refractivity contribution in [3.05, 3.63) is 74.5 Å². The first kappa shape index (κ1) is 22.2. The molecule has 0 fully saturated rings. The SMILES string of the molecule is C=C1OCc2c(cc3n(c2=O)Cc2cc4c(CNC(=O)CO)c(C)c(F)cc4nc2-3)[C@@]1(O)CC. The van der Waals surface area contributed by atoms with Crippen molar-refractivity contribution >= 4 is 16.8 Å². The first-order chi connectivity index (χ1) is 16.2. The number of aromatic nitrogens is 2. The fourth-order valence-electron chi connectivity index (χ4n) is 4.85. The number of rotatable bonds is 4. The summed E-state index contributed by atoms with van der Waals surface area (Å²) in [6.45, 7) is 6.90. The fraction of sp³-hybridized carbons (Fsp3) is 0.320. The van der Waals surface area contributed by atoms with Gasteiger partial charge in [-0.25, -0.2) is 9.37 Å². The third-order valence-corrected chi connectivity index (χ3v) is 6.92. The summed E-state index contributed by atoms with van der Waals surface area (Å²) in [7, 11) is 0. The molecule has 0 spiro atoms. The molecule has 8 nitrogen and oxygen atoms in total. The molecule has 1 aromatic carbocycles. The molecular formula is C25H24FN3O5. The van der Waals surface area contributed by atoms with Gasteiger partial charge in [0, 0.05) is 29.1 Å². The standard InChI is InChI=1S/C25H24FN3O5/c1-4-25(33)13(3)34-11-17-18(25)6-21-23-14(9-29(21)24(17)32)5-15-16(8-27-22(31)10-30)12(2)19(26)7-20(15)28-23/h5-7,30,33H,3-4,8-11H2,1-2H3,(H,27,31)/t25-/m1/s1. The summed E-state index contributed by atoms with van der Waals surface area (Å²) < 4.78 is 21.8. The smallest absolute Gasteiger partial charge is 0.258 e. The Morgan fingerprint density at radius 3 is 2.85 bits per heavy atom. The highest BCUT2D eigenvalue weighted by Gasteiger charge is 2.41. The molecule has 3 aromatic rings. The maximum Gasteiger partial charge on any atom is 0.258 e. The Morgan fingerprint density at radius 2 is 2.15 bits per heavy atom. The Hall–Kier alpha value is -3.56. The highest BCUT2D eigenvalue weighted by Crippen LogP contribution is 2.42. The van der Waals surface area contributed by atoms with Gasteiger partial charge in [0.1, 0.15) is 30.4 Å². The highest BCUT2D eigenvalue weighted by molar-refractivity contribution is 5.88. The van der Waals surface area contributed by atoms with E-state index < -0.39 is 23.9 Å². The zero-order valence-corrected chi connectivity index (χ0v) is 18.9. The molecule has 0 saturated heterocycles. The van der Waals surface area contributed by atoms with Crippen LogP contribution in [0.3, 0.4) is 0 Å². The van der Waals surface area contributed by atoms with Crippen molar-refractivity contribution < 1.29 is 24.1 Å². The Bertz CT molecular complexity index is 1460. The minimum Gasteiger partial charge on any atom is -0.490 e. The number of hydrogen-bond acceptors (Lipinski definition) is 6. The van der Waals surface area contributed by atoms with E-state index in [-0.39, 0.29) is 37.4 Å². The molecule has 0 bridgehead atoms. The second-order valence-corrected chi connectivity index (χ2v) is 8.70. The number of ether oxygens (including phenoxy) is 1. The van der Waals surface area contributed by atoms with E-state index in [1.54, 1.807) is 24.5 Å². The number of aliphatic hydroxyl groups excluding tert-OH is 1. The zero-order valence-electron chi connectivity index (χ0n) is 18.9. The molecule has 2 aromatic heterocycles. The van der Waals surface area contributed by atoms with Crippen LogP contribution in [0.1, 0.15) is 41.2 Å². The van der Waals surface area contributed by atoms with Crippen LogP contribution in [0.4, 0.5) is 4.39 Å². The molecule has 176 valence electrons. The van der Waals surface area contributed by atoms with Gasteiger partial charge in [-0.15, -0.1) is 0 Å².